The smallest absolute Gasteiger partial charge is 0.243 e. The number of nitrogens with zero attached hydrogens (tertiary/aromatic N) is 4. The van der Waals surface area contributed by atoms with E-state index in [2.05, 4.69) is 22.0 Å². The third kappa shape index (κ3) is 5.91. The number of carbonyl (C=O) groups excluding carboxylic acids is 1. The van der Waals surface area contributed by atoms with E-state index in [1.54, 1.807) is 0 Å². The second kappa shape index (κ2) is 11.4. The molecule has 2 atom stereocenters. The number of amides is 1. The summed E-state index contributed by atoms with van der Waals surface area (Å²) >= 11 is 0. The molecule has 156 valence electrons. The van der Waals surface area contributed by atoms with Gasteiger partial charge in [-0.15, -0.1) is 24.8 Å². The summed E-state index contributed by atoms with van der Waals surface area (Å²) in [5.41, 5.74) is 7.23. The minimum Gasteiger partial charge on any atom is -0.339 e. The Balaban J connectivity index is 0.00000196. The molecule has 0 bridgehead atoms. The predicted octanol–water partition coefficient (Wildman–Crippen LogP) is 2.25. The highest BCUT2D eigenvalue weighted by Crippen LogP contribution is 2.20. The average Bonchev–Trinajstić information content (AvgIpc) is 3.17. The van der Waals surface area contributed by atoms with Gasteiger partial charge in [0.25, 0.3) is 0 Å². The van der Waals surface area contributed by atoms with Crippen molar-refractivity contribution in [3.8, 4) is 0 Å². The Morgan fingerprint density at radius 2 is 1.82 bits per heavy atom. The van der Waals surface area contributed by atoms with Crippen LogP contribution >= 0.6 is 24.8 Å². The number of halogens is 2. The molecule has 1 aromatic carbocycles. The van der Waals surface area contributed by atoms with Gasteiger partial charge in [-0.2, -0.15) is 4.98 Å². The maximum atomic E-state index is 12.6. The van der Waals surface area contributed by atoms with Crippen molar-refractivity contribution in [1.82, 2.24) is 19.9 Å². The molecule has 2 aromatic rings. The summed E-state index contributed by atoms with van der Waals surface area (Å²) in [6, 6.07) is 9.46. The van der Waals surface area contributed by atoms with Gasteiger partial charge in [0.05, 0.1) is 12.1 Å². The van der Waals surface area contributed by atoms with E-state index < -0.39 is 6.04 Å². The first-order valence-corrected chi connectivity index (χ1v) is 9.23. The number of carbonyl (C=O) groups is 1. The number of benzene rings is 1. The van der Waals surface area contributed by atoms with Gasteiger partial charge in [0.15, 0.2) is 5.82 Å². The van der Waals surface area contributed by atoms with Gasteiger partial charge in [-0.1, -0.05) is 42.4 Å². The van der Waals surface area contributed by atoms with Gasteiger partial charge in [-0.3, -0.25) is 9.69 Å². The molecule has 3 rings (SSSR count). The van der Waals surface area contributed by atoms with Crippen LogP contribution in [0.4, 0.5) is 0 Å². The van der Waals surface area contributed by atoms with Crippen LogP contribution in [0.1, 0.15) is 37.2 Å². The molecule has 1 aromatic heterocycles. The van der Waals surface area contributed by atoms with Crippen molar-refractivity contribution in [3.63, 3.8) is 0 Å². The Morgan fingerprint density at radius 1 is 1.18 bits per heavy atom. The molecule has 1 aliphatic heterocycles. The van der Waals surface area contributed by atoms with E-state index in [0.29, 0.717) is 25.4 Å². The van der Waals surface area contributed by atoms with Gasteiger partial charge >= 0.3 is 0 Å². The lowest BCUT2D eigenvalue weighted by atomic mass is 10.1. The maximum Gasteiger partial charge on any atom is 0.243 e. The second-order valence-corrected chi connectivity index (χ2v) is 6.74. The normalized spacial score (nSPS) is 16.6. The number of nitrogens with two attached hydrogens (primary N) is 1. The summed E-state index contributed by atoms with van der Waals surface area (Å²) in [5, 5.41) is 3.96. The Hall–Kier alpha value is -1.67. The number of hydrogen-bond donors (Lipinski definition) is 1. The van der Waals surface area contributed by atoms with Crippen LogP contribution in [0.5, 0.6) is 0 Å². The summed E-state index contributed by atoms with van der Waals surface area (Å²) in [7, 11) is 0. The third-order valence-corrected chi connectivity index (χ3v) is 4.95. The largest absolute Gasteiger partial charge is 0.339 e. The fourth-order valence-corrected chi connectivity index (χ4v) is 3.26. The molecular weight excluding hydrogens is 401 g/mol. The van der Waals surface area contributed by atoms with Crippen molar-refractivity contribution in [2.24, 2.45) is 5.73 Å². The Bertz CT molecular complexity index is 720. The molecule has 2 N–H and O–H groups in total. The van der Waals surface area contributed by atoms with Crippen molar-refractivity contribution in [3.05, 3.63) is 47.6 Å². The van der Waals surface area contributed by atoms with Crippen LogP contribution in [0.3, 0.4) is 0 Å². The standard InChI is InChI=1S/C19H27N5O2.2ClH/c1-3-17-21-18(26-22-17)14(2)23-9-11-24(12-10-23)19(25)16(20)13-15-7-5-4-6-8-15;;/h4-8,14,16H,3,9-13,20H2,1-2H3;2*1H. The van der Waals surface area contributed by atoms with Crippen LogP contribution < -0.4 is 5.73 Å². The summed E-state index contributed by atoms with van der Waals surface area (Å²) in [4.78, 5) is 21.2. The molecule has 28 heavy (non-hydrogen) atoms. The molecule has 2 unspecified atom stereocenters. The van der Waals surface area contributed by atoms with Crippen molar-refractivity contribution in [2.45, 2.75) is 38.8 Å². The molecule has 0 radical (unpaired) electrons. The van der Waals surface area contributed by atoms with Gasteiger partial charge in [0, 0.05) is 32.6 Å². The molecule has 7 nitrogen and oxygen atoms in total. The Labute approximate surface area is 178 Å². The summed E-state index contributed by atoms with van der Waals surface area (Å²) in [6.45, 7) is 6.94. The zero-order valence-corrected chi connectivity index (χ0v) is 17.9. The highest BCUT2D eigenvalue weighted by molar-refractivity contribution is 5.85. The first kappa shape index (κ1) is 24.4. The molecule has 0 spiro atoms. The number of aryl methyl sites for hydroxylation is 1. The van der Waals surface area contributed by atoms with Gasteiger partial charge in [0.1, 0.15) is 0 Å². The topological polar surface area (TPSA) is 88.5 Å². The van der Waals surface area contributed by atoms with Crippen LogP contribution in [0, 0.1) is 0 Å². The van der Waals surface area contributed by atoms with Gasteiger partial charge in [-0.25, -0.2) is 0 Å². The number of aromatic nitrogens is 2. The Morgan fingerprint density at radius 3 is 2.39 bits per heavy atom. The SMILES string of the molecule is CCc1noc(C(C)N2CCN(C(=O)C(N)Cc3ccccc3)CC2)n1.Cl.Cl. The van der Waals surface area contributed by atoms with Gasteiger partial charge in [0.2, 0.25) is 11.8 Å². The summed E-state index contributed by atoms with van der Waals surface area (Å²) < 4.78 is 5.35. The number of piperazine rings is 1. The summed E-state index contributed by atoms with van der Waals surface area (Å²) in [5.74, 6) is 1.39. The monoisotopic (exact) mass is 429 g/mol. The van der Waals surface area contributed by atoms with Gasteiger partial charge in [-0.05, 0) is 18.9 Å². The molecular formula is C19H29Cl2N5O2. The average molecular weight is 430 g/mol. The second-order valence-electron chi connectivity index (χ2n) is 6.74. The molecule has 1 fully saturated rings. The zero-order chi connectivity index (χ0) is 18.5. The lowest BCUT2D eigenvalue weighted by Crippen LogP contribution is -2.53. The number of rotatable bonds is 6. The molecule has 1 saturated heterocycles. The van der Waals surface area contributed by atoms with E-state index >= 15 is 0 Å². The zero-order valence-electron chi connectivity index (χ0n) is 16.3. The van der Waals surface area contributed by atoms with Crippen LogP contribution in [-0.4, -0.2) is 58.1 Å². The van der Waals surface area contributed by atoms with Crippen molar-refractivity contribution < 1.29 is 9.32 Å². The first-order valence-electron chi connectivity index (χ1n) is 9.23. The van der Waals surface area contributed by atoms with Crippen LogP contribution in [-0.2, 0) is 17.6 Å². The van der Waals surface area contributed by atoms with Crippen LogP contribution in [0.15, 0.2) is 34.9 Å². The van der Waals surface area contributed by atoms with Crippen molar-refractivity contribution >= 4 is 30.7 Å². The molecule has 2 heterocycles. The molecule has 1 aliphatic rings. The summed E-state index contributed by atoms with van der Waals surface area (Å²) in [6.07, 6.45) is 1.33. The molecule has 1 amide bonds. The molecule has 9 heteroatoms. The van der Waals surface area contributed by atoms with Gasteiger partial charge < -0.3 is 15.2 Å². The quantitative estimate of drug-likeness (QED) is 0.757. The van der Waals surface area contributed by atoms with E-state index in [1.807, 2.05) is 42.2 Å². The van der Waals surface area contributed by atoms with Crippen molar-refractivity contribution in [2.75, 3.05) is 26.2 Å². The third-order valence-electron chi connectivity index (χ3n) is 4.95. The Kier molecular flexibility index (Phi) is 9.89. The maximum absolute atomic E-state index is 12.6. The molecule has 0 aliphatic carbocycles. The van der Waals surface area contributed by atoms with E-state index in [4.69, 9.17) is 10.3 Å². The van der Waals surface area contributed by atoms with Crippen molar-refractivity contribution in [1.29, 1.82) is 0 Å². The van der Waals surface area contributed by atoms with E-state index in [1.165, 1.54) is 0 Å². The fraction of sp³-hybridized carbons (Fsp3) is 0.526. The van der Waals surface area contributed by atoms with Crippen LogP contribution in [0.2, 0.25) is 0 Å². The predicted molar refractivity (Wildman–Crippen MR) is 113 cm³/mol. The molecule has 0 saturated carbocycles. The minimum absolute atomic E-state index is 0. The number of hydrogen-bond acceptors (Lipinski definition) is 6. The minimum atomic E-state index is -0.496. The lowest BCUT2D eigenvalue weighted by Gasteiger charge is -2.37. The van der Waals surface area contributed by atoms with E-state index in [9.17, 15) is 4.79 Å². The van der Waals surface area contributed by atoms with E-state index in [0.717, 1.165) is 30.9 Å². The fourth-order valence-electron chi connectivity index (χ4n) is 3.26. The lowest BCUT2D eigenvalue weighted by molar-refractivity contribution is -0.134. The van der Waals surface area contributed by atoms with E-state index in [-0.39, 0.29) is 36.8 Å². The first-order chi connectivity index (χ1) is 12.6. The van der Waals surface area contributed by atoms with Crippen LogP contribution in [0.25, 0.3) is 0 Å². The highest BCUT2D eigenvalue weighted by atomic mass is 35.5. The highest BCUT2D eigenvalue weighted by Gasteiger charge is 2.29.